The lowest BCUT2D eigenvalue weighted by Crippen LogP contribution is -2.10. The van der Waals surface area contributed by atoms with Crippen LogP contribution in [-0.2, 0) is 0 Å². The maximum absolute atomic E-state index is 11.3. The Hall–Kier alpha value is -2.68. The number of benzene rings is 2. The van der Waals surface area contributed by atoms with E-state index in [1.807, 2.05) is 43.3 Å². The molecule has 0 aliphatic carbocycles. The van der Waals surface area contributed by atoms with Crippen molar-refractivity contribution in [1.29, 1.82) is 0 Å². The molecule has 0 atom stereocenters. The summed E-state index contributed by atoms with van der Waals surface area (Å²) in [5.41, 5.74) is 10.0. The van der Waals surface area contributed by atoms with Crippen LogP contribution in [0, 0.1) is 6.92 Å². The third-order valence-electron chi connectivity index (χ3n) is 3.44. The molecule has 20 heavy (non-hydrogen) atoms. The van der Waals surface area contributed by atoms with Crippen LogP contribution in [0.4, 0.5) is 0 Å². The van der Waals surface area contributed by atoms with E-state index in [2.05, 4.69) is 11.1 Å². The Bertz CT molecular complexity index is 809. The molecule has 0 fully saturated rings. The standard InChI is InChI=1S/C17H14N2O/c1-11-4-5-14(17(18)20)10-15(11)12-6-7-16-13(9-12)3-2-8-19-16/h2-10H,1H3,(H2,18,20). The summed E-state index contributed by atoms with van der Waals surface area (Å²) in [5, 5.41) is 1.08. The molecule has 0 aliphatic rings. The molecule has 0 saturated carbocycles. The summed E-state index contributed by atoms with van der Waals surface area (Å²) in [6, 6.07) is 15.5. The number of rotatable bonds is 2. The number of aryl methyl sites for hydroxylation is 1. The van der Waals surface area contributed by atoms with Crippen molar-refractivity contribution in [2.24, 2.45) is 5.73 Å². The highest BCUT2D eigenvalue weighted by Crippen LogP contribution is 2.27. The van der Waals surface area contributed by atoms with Gasteiger partial charge in [-0.15, -0.1) is 0 Å². The first-order chi connectivity index (χ1) is 9.65. The first-order valence-corrected chi connectivity index (χ1v) is 6.41. The van der Waals surface area contributed by atoms with E-state index in [0.717, 1.165) is 27.6 Å². The van der Waals surface area contributed by atoms with Crippen LogP contribution >= 0.6 is 0 Å². The fraction of sp³-hybridized carbons (Fsp3) is 0.0588. The molecule has 3 aromatic rings. The van der Waals surface area contributed by atoms with Gasteiger partial charge in [0.1, 0.15) is 0 Å². The van der Waals surface area contributed by atoms with Crippen molar-refractivity contribution in [3.05, 3.63) is 65.9 Å². The lowest BCUT2D eigenvalue weighted by Gasteiger charge is -2.09. The molecule has 0 unspecified atom stereocenters. The SMILES string of the molecule is Cc1ccc(C(N)=O)cc1-c1ccc2ncccc2c1. The molecule has 1 heterocycles. The number of hydrogen-bond donors (Lipinski definition) is 1. The number of pyridine rings is 1. The lowest BCUT2D eigenvalue weighted by atomic mass is 9.97. The van der Waals surface area contributed by atoms with Gasteiger partial charge in [0, 0.05) is 17.1 Å². The Morgan fingerprint density at radius 3 is 2.75 bits per heavy atom. The fourth-order valence-corrected chi connectivity index (χ4v) is 2.33. The Morgan fingerprint density at radius 2 is 1.95 bits per heavy atom. The molecule has 1 aromatic heterocycles. The number of carbonyl (C=O) groups is 1. The van der Waals surface area contributed by atoms with Crippen molar-refractivity contribution < 1.29 is 4.79 Å². The number of amides is 1. The van der Waals surface area contributed by atoms with Crippen LogP contribution in [-0.4, -0.2) is 10.9 Å². The molecule has 3 nitrogen and oxygen atoms in total. The minimum absolute atomic E-state index is 0.409. The van der Waals surface area contributed by atoms with Crippen LogP contribution in [0.3, 0.4) is 0 Å². The van der Waals surface area contributed by atoms with Crippen molar-refractivity contribution in [2.75, 3.05) is 0 Å². The molecule has 0 radical (unpaired) electrons. The van der Waals surface area contributed by atoms with Crippen LogP contribution in [0.5, 0.6) is 0 Å². The molecule has 0 aliphatic heterocycles. The topological polar surface area (TPSA) is 56.0 Å². The number of nitrogens with zero attached hydrogens (tertiary/aromatic N) is 1. The van der Waals surface area contributed by atoms with Crippen LogP contribution < -0.4 is 5.73 Å². The van der Waals surface area contributed by atoms with Crippen molar-refractivity contribution in [2.45, 2.75) is 6.92 Å². The van der Waals surface area contributed by atoms with Crippen LogP contribution in [0.1, 0.15) is 15.9 Å². The maximum atomic E-state index is 11.3. The van der Waals surface area contributed by atoms with Gasteiger partial charge in [0.15, 0.2) is 0 Å². The third-order valence-corrected chi connectivity index (χ3v) is 3.44. The largest absolute Gasteiger partial charge is 0.366 e. The Morgan fingerprint density at radius 1 is 1.10 bits per heavy atom. The number of aromatic nitrogens is 1. The Balaban J connectivity index is 2.19. The molecule has 0 saturated heterocycles. The van der Waals surface area contributed by atoms with Gasteiger partial charge < -0.3 is 5.73 Å². The molecule has 3 heteroatoms. The zero-order valence-corrected chi connectivity index (χ0v) is 11.1. The van der Waals surface area contributed by atoms with Crippen LogP contribution in [0.25, 0.3) is 22.0 Å². The van der Waals surface area contributed by atoms with Crippen molar-refractivity contribution >= 4 is 16.8 Å². The zero-order valence-electron chi connectivity index (χ0n) is 11.1. The van der Waals surface area contributed by atoms with E-state index in [4.69, 9.17) is 5.73 Å². The van der Waals surface area contributed by atoms with Gasteiger partial charge >= 0.3 is 0 Å². The molecular formula is C17H14N2O. The molecule has 2 N–H and O–H groups in total. The molecule has 0 bridgehead atoms. The average Bonchev–Trinajstić information content (AvgIpc) is 2.47. The highest BCUT2D eigenvalue weighted by molar-refractivity contribution is 5.95. The number of hydrogen-bond acceptors (Lipinski definition) is 2. The summed E-state index contributed by atoms with van der Waals surface area (Å²) < 4.78 is 0. The van der Waals surface area contributed by atoms with Crippen molar-refractivity contribution in [1.82, 2.24) is 4.98 Å². The number of fused-ring (bicyclic) bond motifs is 1. The van der Waals surface area contributed by atoms with Gasteiger partial charge in [0.25, 0.3) is 0 Å². The first-order valence-electron chi connectivity index (χ1n) is 6.41. The number of carbonyl (C=O) groups excluding carboxylic acids is 1. The highest BCUT2D eigenvalue weighted by Gasteiger charge is 2.07. The number of primary amides is 1. The Kier molecular flexibility index (Phi) is 2.95. The molecule has 98 valence electrons. The smallest absolute Gasteiger partial charge is 0.248 e. The van der Waals surface area contributed by atoms with E-state index < -0.39 is 5.91 Å². The first kappa shape index (κ1) is 12.4. The quantitative estimate of drug-likeness (QED) is 0.770. The summed E-state index contributed by atoms with van der Waals surface area (Å²) in [4.78, 5) is 15.6. The highest BCUT2D eigenvalue weighted by atomic mass is 16.1. The minimum Gasteiger partial charge on any atom is -0.366 e. The second-order valence-corrected chi connectivity index (χ2v) is 4.80. The predicted octanol–water partition coefficient (Wildman–Crippen LogP) is 3.31. The van der Waals surface area contributed by atoms with Gasteiger partial charge in [-0.05, 0) is 53.9 Å². The minimum atomic E-state index is -0.409. The van der Waals surface area contributed by atoms with E-state index >= 15 is 0 Å². The fourth-order valence-electron chi connectivity index (χ4n) is 2.33. The summed E-state index contributed by atoms with van der Waals surface area (Å²) in [6.07, 6.45) is 1.78. The third kappa shape index (κ3) is 2.14. The zero-order chi connectivity index (χ0) is 14.1. The summed E-state index contributed by atoms with van der Waals surface area (Å²) >= 11 is 0. The Labute approximate surface area is 117 Å². The predicted molar refractivity (Wildman–Crippen MR) is 80.4 cm³/mol. The summed E-state index contributed by atoms with van der Waals surface area (Å²) in [6.45, 7) is 2.02. The lowest BCUT2D eigenvalue weighted by molar-refractivity contribution is 0.100. The molecule has 1 amide bonds. The summed E-state index contributed by atoms with van der Waals surface area (Å²) in [5.74, 6) is -0.409. The van der Waals surface area contributed by atoms with E-state index in [1.54, 1.807) is 12.3 Å². The van der Waals surface area contributed by atoms with E-state index in [9.17, 15) is 4.79 Å². The average molecular weight is 262 g/mol. The van der Waals surface area contributed by atoms with E-state index in [1.165, 1.54) is 0 Å². The van der Waals surface area contributed by atoms with Gasteiger partial charge in [-0.3, -0.25) is 9.78 Å². The van der Waals surface area contributed by atoms with Gasteiger partial charge in [-0.2, -0.15) is 0 Å². The second-order valence-electron chi connectivity index (χ2n) is 4.80. The van der Waals surface area contributed by atoms with Gasteiger partial charge in [-0.1, -0.05) is 18.2 Å². The monoisotopic (exact) mass is 262 g/mol. The molecule has 0 spiro atoms. The molecule has 3 rings (SSSR count). The van der Waals surface area contributed by atoms with Crippen molar-refractivity contribution in [3.8, 4) is 11.1 Å². The van der Waals surface area contributed by atoms with Gasteiger partial charge in [0.2, 0.25) is 5.91 Å². The van der Waals surface area contributed by atoms with Crippen LogP contribution in [0.2, 0.25) is 0 Å². The van der Waals surface area contributed by atoms with Crippen LogP contribution in [0.15, 0.2) is 54.7 Å². The van der Waals surface area contributed by atoms with Gasteiger partial charge in [0.05, 0.1) is 5.52 Å². The van der Waals surface area contributed by atoms with Crippen molar-refractivity contribution in [3.63, 3.8) is 0 Å². The van der Waals surface area contributed by atoms with E-state index in [-0.39, 0.29) is 0 Å². The molecular weight excluding hydrogens is 248 g/mol. The summed E-state index contributed by atoms with van der Waals surface area (Å²) in [7, 11) is 0. The second kappa shape index (κ2) is 4.78. The maximum Gasteiger partial charge on any atom is 0.248 e. The van der Waals surface area contributed by atoms with Gasteiger partial charge in [-0.25, -0.2) is 0 Å². The van der Waals surface area contributed by atoms with E-state index in [0.29, 0.717) is 5.56 Å². The number of nitrogens with two attached hydrogens (primary N) is 1. The normalized spacial score (nSPS) is 10.7. The molecule has 2 aromatic carbocycles.